The fourth-order valence-electron chi connectivity index (χ4n) is 3.60. The summed E-state index contributed by atoms with van der Waals surface area (Å²) in [5.74, 6) is -2.36. The summed E-state index contributed by atoms with van der Waals surface area (Å²) in [4.78, 5) is 8.77. The topological polar surface area (TPSA) is 84.2 Å². The predicted molar refractivity (Wildman–Crippen MR) is 122 cm³/mol. The van der Waals surface area contributed by atoms with Gasteiger partial charge in [0.1, 0.15) is 11.4 Å². The van der Waals surface area contributed by atoms with Gasteiger partial charge in [0.05, 0.1) is 29.1 Å². The standard InChI is InChI=1S/C22H26F2N6O2S/c1-15(2)33(31,32)14-16-4-5-19(23)22(21(16)24)30-13-20(26-27-30)17-10-18(12-25-11-17)29-8-6-28(3)7-9-29/h4-5,10-13,15H,6-9,14H2,1-3H3. The Hall–Kier alpha value is -2.92. The lowest BCUT2D eigenvalue weighted by Gasteiger charge is -2.33. The maximum absolute atomic E-state index is 15.1. The van der Waals surface area contributed by atoms with E-state index in [-0.39, 0.29) is 5.56 Å². The molecule has 3 heterocycles. The zero-order chi connectivity index (χ0) is 23.8. The van der Waals surface area contributed by atoms with Crippen LogP contribution in [-0.2, 0) is 15.6 Å². The first-order chi connectivity index (χ1) is 15.7. The number of sulfone groups is 1. The number of anilines is 1. The van der Waals surface area contributed by atoms with Crippen LogP contribution in [0.1, 0.15) is 19.4 Å². The predicted octanol–water partition coefficient (Wildman–Crippen LogP) is 2.68. The number of pyridine rings is 1. The number of hydrogen-bond donors (Lipinski definition) is 0. The molecule has 0 N–H and O–H groups in total. The number of nitrogens with zero attached hydrogens (tertiary/aromatic N) is 6. The van der Waals surface area contributed by atoms with Crippen LogP contribution in [0, 0.1) is 11.6 Å². The SMILES string of the molecule is CC(C)S(=O)(=O)Cc1ccc(F)c(-n2cc(-c3cncc(N4CCN(C)CC4)c3)nn2)c1F. The minimum atomic E-state index is -3.57. The normalized spacial score (nSPS) is 15.4. The summed E-state index contributed by atoms with van der Waals surface area (Å²) in [5.41, 5.74) is 1.42. The van der Waals surface area contributed by atoms with Crippen LogP contribution in [0.4, 0.5) is 14.5 Å². The van der Waals surface area contributed by atoms with E-state index in [9.17, 15) is 12.8 Å². The molecule has 4 rings (SSSR count). The van der Waals surface area contributed by atoms with Crippen molar-refractivity contribution >= 4 is 15.5 Å². The van der Waals surface area contributed by atoms with Crippen LogP contribution in [0.5, 0.6) is 0 Å². The second-order valence-electron chi connectivity index (χ2n) is 8.50. The number of halogens is 2. The van der Waals surface area contributed by atoms with Gasteiger partial charge in [-0.2, -0.15) is 0 Å². The fourth-order valence-corrected chi connectivity index (χ4v) is 4.59. The Balaban J connectivity index is 1.64. The number of piperazine rings is 1. The Morgan fingerprint density at radius 1 is 1.09 bits per heavy atom. The Labute approximate surface area is 191 Å². The highest BCUT2D eigenvalue weighted by Gasteiger charge is 2.24. The highest BCUT2D eigenvalue weighted by Crippen LogP contribution is 2.26. The third kappa shape index (κ3) is 4.88. The molecule has 0 atom stereocenters. The van der Waals surface area contributed by atoms with Crippen LogP contribution in [0.3, 0.4) is 0 Å². The van der Waals surface area contributed by atoms with Gasteiger partial charge in [-0.05, 0) is 33.0 Å². The molecule has 1 aromatic carbocycles. The van der Waals surface area contributed by atoms with E-state index in [0.717, 1.165) is 48.7 Å². The van der Waals surface area contributed by atoms with Crippen molar-refractivity contribution in [1.29, 1.82) is 0 Å². The van der Waals surface area contributed by atoms with Crippen LogP contribution >= 0.6 is 0 Å². The molecule has 1 saturated heterocycles. The van der Waals surface area contributed by atoms with Gasteiger partial charge in [0.25, 0.3) is 0 Å². The highest BCUT2D eigenvalue weighted by atomic mass is 32.2. The Morgan fingerprint density at radius 2 is 1.82 bits per heavy atom. The molecule has 0 amide bonds. The molecule has 0 bridgehead atoms. The summed E-state index contributed by atoms with van der Waals surface area (Å²) in [6.07, 6.45) is 4.80. The molecule has 0 unspecified atom stereocenters. The maximum Gasteiger partial charge on any atom is 0.156 e. The van der Waals surface area contributed by atoms with E-state index in [1.165, 1.54) is 20.0 Å². The van der Waals surface area contributed by atoms with Gasteiger partial charge in [0.2, 0.25) is 0 Å². The Bertz CT molecular complexity index is 1250. The summed E-state index contributed by atoms with van der Waals surface area (Å²) in [7, 11) is -1.49. The van der Waals surface area contributed by atoms with Crippen molar-refractivity contribution in [2.75, 3.05) is 38.1 Å². The van der Waals surface area contributed by atoms with E-state index in [1.54, 1.807) is 12.4 Å². The molecule has 0 spiro atoms. The molecule has 0 aliphatic carbocycles. The molecule has 11 heteroatoms. The lowest BCUT2D eigenvalue weighted by atomic mass is 10.2. The van der Waals surface area contributed by atoms with Gasteiger partial charge in [-0.25, -0.2) is 21.9 Å². The first kappa shape index (κ1) is 23.2. The second-order valence-corrected chi connectivity index (χ2v) is 11.1. The summed E-state index contributed by atoms with van der Waals surface area (Å²) >= 11 is 0. The molecule has 0 saturated carbocycles. The number of aromatic nitrogens is 4. The summed E-state index contributed by atoms with van der Waals surface area (Å²) in [5, 5.41) is 7.29. The molecule has 2 aromatic heterocycles. The van der Waals surface area contributed by atoms with Crippen molar-refractivity contribution in [2.24, 2.45) is 0 Å². The average Bonchev–Trinajstić information content (AvgIpc) is 3.26. The largest absolute Gasteiger partial charge is 0.368 e. The van der Waals surface area contributed by atoms with E-state index >= 15 is 4.39 Å². The van der Waals surface area contributed by atoms with Crippen LogP contribution in [-0.4, -0.2) is 71.8 Å². The minimum absolute atomic E-state index is 0.115. The van der Waals surface area contributed by atoms with Gasteiger partial charge in [-0.3, -0.25) is 4.98 Å². The van der Waals surface area contributed by atoms with Crippen LogP contribution in [0.15, 0.2) is 36.8 Å². The van der Waals surface area contributed by atoms with Crippen molar-refractivity contribution in [2.45, 2.75) is 24.9 Å². The van der Waals surface area contributed by atoms with Gasteiger partial charge >= 0.3 is 0 Å². The van der Waals surface area contributed by atoms with E-state index in [2.05, 4.69) is 32.1 Å². The highest BCUT2D eigenvalue weighted by molar-refractivity contribution is 7.91. The number of benzene rings is 1. The molecule has 3 aromatic rings. The van der Waals surface area contributed by atoms with Crippen LogP contribution < -0.4 is 4.90 Å². The lowest BCUT2D eigenvalue weighted by Crippen LogP contribution is -2.44. The van der Waals surface area contributed by atoms with E-state index < -0.39 is 38.2 Å². The molecule has 176 valence electrons. The van der Waals surface area contributed by atoms with Crippen molar-refractivity contribution in [3.63, 3.8) is 0 Å². The van der Waals surface area contributed by atoms with Gasteiger partial charge in [0.15, 0.2) is 21.5 Å². The molecule has 33 heavy (non-hydrogen) atoms. The van der Waals surface area contributed by atoms with Gasteiger partial charge < -0.3 is 9.80 Å². The van der Waals surface area contributed by atoms with E-state index in [0.29, 0.717) is 11.3 Å². The van der Waals surface area contributed by atoms with Crippen LogP contribution in [0.2, 0.25) is 0 Å². The average molecular weight is 477 g/mol. The summed E-state index contributed by atoms with van der Waals surface area (Å²) < 4.78 is 55.2. The second kappa shape index (κ2) is 9.14. The zero-order valence-corrected chi connectivity index (χ0v) is 19.6. The van der Waals surface area contributed by atoms with Gasteiger partial charge in [-0.15, -0.1) is 5.10 Å². The molecule has 0 radical (unpaired) electrons. The first-order valence-corrected chi connectivity index (χ1v) is 12.4. The summed E-state index contributed by atoms with van der Waals surface area (Å²) in [6, 6.07) is 4.11. The Kier molecular flexibility index (Phi) is 6.44. The maximum atomic E-state index is 15.1. The monoisotopic (exact) mass is 476 g/mol. The number of likely N-dealkylation sites (N-methyl/N-ethyl adjacent to an activating group) is 1. The van der Waals surface area contributed by atoms with E-state index in [4.69, 9.17) is 0 Å². The summed E-state index contributed by atoms with van der Waals surface area (Å²) in [6.45, 7) is 6.68. The van der Waals surface area contributed by atoms with Crippen molar-refractivity contribution in [1.82, 2.24) is 24.9 Å². The van der Waals surface area contributed by atoms with Crippen LogP contribution in [0.25, 0.3) is 16.9 Å². The molecular formula is C22H26F2N6O2S. The van der Waals surface area contributed by atoms with Gasteiger partial charge in [-0.1, -0.05) is 11.3 Å². The van der Waals surface area contributed by atoms with Gasteiger partial charge in [0, 0.05) is 43.5 Å². The molecular weight excluding hydrogens is 450 g/mol. The van der Waals surface area contributed by atoms with Crippen molar-refractivity contribution < 1.29 is 17.2 Å². The molecule has 1 fully saturated rings. The fraction of sp³-hybridized carbons (Fsp3) is 0.409. The number of rotatable bonds is 6. The third-order valence-corrected chi connectivity index (χ3v) is 7.98. The smallest absolute Gasteiger partial charge is 0.156 e. The third-order valence-electron chi connectivity index (χ3n) is 5.83. The van der Waals surface area contributed by atoms with Crippen molar-refractivity contribution in [3.05, 3.63) is 54.0 Å². The molecule has 8 nitrogen and oxygen atoms in total. The molecule has 1 aliphatic rings. The van der Waals surface area contributed by atoms with E-state index in [1.807, 2.05) is 6.07 Å². The molecule has 1 aliphatic heterocycles. The minimum Gasteiger partial charge on any atom is -0.368 e. The van der Waals surface area contributed by atoms with Crippen molar-refractivity contribution in [3.8, 4) is 16.9 Å². The first-order valence-electron chi connectivity index (χ1n) is 10.7. The Morgan fingerprint density at radius 3 is 2.52 bits per heavy atom. The quantitative estimate of drug-likeness (QED) is 0.541. The zero-order valence-electron chi connectivity index (χ0n) is 18.7. The number of hydrogen-bond acceptors (Lipinski definition) is 7. The lowest BCUT2D eigenvalue weighted by molar-refractivity contribution is 0.313.